The molecule has 0 aliphatic heterocycles. The molecule has 0 aliphatic rings. The molecule has 0 aromatic heterocycles. The number of alkyl halides is 2. The van der Waals surface area contributed by atoms with Crippen LogP contribution in [0.3, 0.4) is 0 Å². The lowest BCUT2D eigenvalue weighted by Crippen LogP contribution is -2.16. The summed E-state index contributed by atoms with van der Waals surface area (Å²) >= 11 is 11.4. The molecule has 0 saturated heterocycles. The van der Waals surface area contributed by atoms with Crippen LogP contribution in [0.15, 0.2) is 18.2 Å². The Kier molecular flexibility index (Phi) is 5.14. The van der Waals surface area contributed by atoms with Crippen molar-refractivity contribution in [2.75, 3.05) is 0 Å². The van der Waals surface area contributed by atoms with E-state index in [-0.39, 0.29) is 22.8 Å². The van der Waals surface area contributed by atoms with Gasteiger partial charge in [-0.3, -0.25) is 4.79 Å². The Labute approximate surface area is 114 Å². The van der Waals surface area contributed by atoms with Crippen molar-refractivity contribution < 1.29 is 19.8 Å². The number of carbonyl (C=O) groups excluding carboxylic acids is 1. The smallest absolute Gasteiger partial charge is 0.337 e. The van der Waals surface area contributed by atoms with Crippen molar-refractivity contribution in [2.24, 2.45) is 0 Å². The number of aliphatic carboxylic acids is 1. The highest BCUT2D eigenvalue weighted by atomic mass is 35.5. The van der Waals surface area contributed by atoms with Crippen molar-refractivity contribution in [3.63, 3.8) is 0 Å². The lowest BCUT2D eigenvalue weighted by Gasteiger charge is -2.12. The molecule has 0 spiro atoms. The maximum Gasteiger partial charge on any atom is 0.337 e. The molecule has 0 heterocycles. The van der Waals surface area contributed by atoms with Gasteiger partial charge in [0.05, 0.1) is 5.38 Å². The fourth-order valence-electron chi connectivity index (χ4n) is 1.47. The molecule has 1 aromatic rings. The number of halogens is 2. The van der Waals surface area contributed by atoms with E-state index in [1.807, 2.05) is 0 Å². The molecule has 1 aromatic carbocycles. The van der Waals surface area contributed by atoms with Crippen LogP contribution in [0.4, 0.5) is 0 Å². The van der Waals surface area contributed by atoms with Gasteiger partial charge >= 0.3 is 5.97 Å². The molecule has 2 N–H and O–H groups in total. The Morgan fingerprint density at radius 1 is 1.39 bits per heavy atom. The lowest BCUT2D eigenvalue weighted by molar-refractivity contribution is -0.146. The molecule has 0 radical (unpaired) electrons. The number of carboxylic acid groups (broad SMARTS) is 1. The average Bonchev–Trinajstić information content (AvgIpc) is 2.35. The molecule has 98 valence electrons. The van der Waals surface area contributed by atoms with Crippen LogP contribution in [0, 0.1) is 0 Å². The van der Waals surface area contributed by atoms with E-state index in [9.17, 15) is 14.7 Å². The first-order valence-electron chi connectivity index (χ1n) is 5.16. The molecule has 4 nitrogen and oxygen atoms in total. The van der Waals surface area contributed by atoms with E-state index in [1.165, 1.54) is 25.1 Å². The Morgan fingerprint density at radius 3 is 2.44 bits per heavy atom. The van der Waals surface area contributed by atoms with Crippen LogP contribution in [0.1, 0.15) is 34.5 Å². The second kappa shape index (κ2) is 6.18. The van der Waals surface area contributed by atoms with Gasteiger partial charge in [0, 0.05) is 11.4 Å². The first-order valence-corrected chi connectivity index (χ1v) is 6.13. The summed E-state index contributed by atoms with van der Waals surface area (Å²) in [7, 11) is 0. The fraction of sp³-hybridized carbons (Fsp3) is 0.333. The first-order chi connectivity index (χ1) is 8.38. The summed E-state index contributed by atoms with van der Waals surface area (Å²) in [5, 5.41) is 17.4. The Hall–Kier alpha value is -1.10. The van der Waals surface area contributed by atoms with Gasteiger partial charge in [-0.05, 0) is 24.1 Å². The van der Waals surface area contributed by atoms with Gasteiger partial charge in [-0.25, -0.2) is 4.79 Å². The van der Waals surface area contributed by atoms with E-state index >= 15 is 0 Å². The van der Waals surface area contributed by atoms with Gasteiger partial charge < -0.3 is 10.2 Å². The minimum Gasteiger partial charge on any atom is -0.479 e. The Morgan fingerprint density at radius 2 is 2.00 bits per heavy atom. The van der Waals surface area contributed by atoms with E-state index < -0.39 is 17.5 Å². The summed E-state index contributed by atoms with van der Waals surface area (Å²) in [6.07, 6.45) is -1.67. The summed E-state index contributed by atoms with van der Waals surface area (Å²) < 4.78 is 0. The number of rotatable bonds is 5. The van der Waals surface area contributed by atoms with Crippen molar-refractivity contribution in [1.29, 1.82) is 0 Å². The molecule has 0 fully saturated rings. The van der Waals surface area contributed by atoms with Gasteiger partial charge in [0.25, 0.3) is 0 Å². The number of ketones is 1. The molecule has 0 bridgehead atoms. The predicted octanol–water partition coefficient (Wildman–Crippen LogP) is 2.35. The van der Waals surface area contributed by atoms with Crippen LogP contribution in [0.2, 0.25) is 0 Å². The number of hydrogen-bond donors (Lipinski definition) is 2. The predicted molar refractivity (Wildman–Crippen MR) is 68.2 cm³/mol. The van der Waals surface area contributed by atoms with Crippen LogP contribution in [-0.4, -0.2) is 27.3 Å². The second-order valence-electron chi connectivity index (χ2n) is 3.77. The van der Waals surface area contributed by atoms with E-state index in [0.29, 0.717) is 5.56 Å². The third kappa shape index (κ3) is 3.22. The maximum absolute atomic E-state index is 11.8. The largest absolute Gasteiger partial charge is 0.479 e. The van der Waals surface area contributed by atoms with Crippen molar-refractivity contribution >= 4 is 35.0 Å². The van der Waals surface area contributed by atoms with Gasteiger partial charge in [0.2, 0.25) is 0 Å². The van der Waals surface area contributed by atoms with Crippen molar-refractivity contribution in [3.8, 4) is 0 Å². The standard InChI is InChI=1S/C12H12Cl2O4/c1-6(14)10(15)9-4-7(11(16)12(17)18)2-3-8(9)5-13/h2-4,6,11,16H,5H2,1H3,(H,17,18). The lowest BCUT2D eigenvalue weighted by atomic mass is 9.97. The molecular formula is C12H12Cl2O4. The average molecular weight is 291 g/mol. The van der Waals surface area contributed by atoms with Crippen molar-refractivity contribution in [3.05, 3.63) is 34.9 Å². The Bertz CT molecular complexity index is 471. The zero-order valence-corrected chi connectivity index (χ0v) is 11.1. The van der Waals surface area contributed by atoms with Crippen molar-refractivity contribution in [1.82, 2.24) is 0 Å². The summed E-state index contributed by atoms with van der Waals surface area (Å²) in [6.45, 7) is 1.52. The number of carbonyl (C=O) groups is 2. The van der Waals surface area contributed by atoms with Crippen LogP contribution in [0.25, 0.3) is 0 Å². The van der Waals surface area contributed by atoms with Gasteiger partial charge in [-0.2, -0.15) is 0 Å². The monoisotopic (exact) mass is 290 g/mol. The fourth-order valence-corrected chi connectivity index (χ4v) is 1.82. The summed E-state index contributed by atoms with van der Waals surface area (Å²) in [5.41, 5.74) is 0.915. The molecule has 0 saturated carbocycles. The topological polar surface area (TPSA) is 74.6 Å². The number of carboxylic acids is 1. The minimum atomic E-state index is -1.67. The van der Waals surface area contributed by atoms with E-state index in [0.717, 1.165) is 0 Å². The zero-order valence-electron chi connectivity index (χ0n) is 9.56. The van der Waals surface area contributed by atoms with Crippen molar-refractivity contribution in [2.45, 2.75) is 24.3 Å². The van der Waals surface area contributed by atoms with Crippen LogP contribution in [-0.2, 0) is 10.7 Å². The maximum atomic E-state index is 11.8. The third-order valence-corrected chi connectivity index (χ3v) is 2.94. The minimum absolute atomic E-state index is 0.105. The van der Waals surface area contributed by atoms with Crippen LogP contribution >= 0.6 is 23.2 Å². The summed E-state index contributed by atoms with van der Waals surface area (Å²) in [5.74, 6) is -1.63. The van der Waals surface area contributed by atoms with Gasteiger partial charge in [-0.1, -0.05) is 12.1 Å². The zero-order chi connectivity index (χ0) is 13.9. The van der Waals surface area contributed by atoms with E-state index in [1.54, 1.807) is 0 Å². The quantitative estimate of drug-likeness (QED) is 0.645. The highest BCUT2D eigenvalue weighted by Crippen LogP contribution is 2.22. The molecule has 2 unspecified atom stereocenters. The number of aliphatic hydroxyl groups excluding tert-OH is 1. The van der Waals surface area contributed by atoms with Crippen LogP contribution in [0.5, 0.6) is 0 Å². The molecule has 2 atom stereocenters. The molecule has 18 heavy (non-hydrogen) atoms. The molecule has 1 rings (SSSR count). The molecule has 6 heteroatoms. The highest BCUT2D eigenvalue weighted by Gasteiger charge is 2.21. The summed E-state index contributed by atoms with van der Waals surface area (Å²) in [6, 6.07) is 4.25. The number of hydrogen-bond acceptors (Lipinski definition) is 3. The molecular weight excluding hydrogens is 279 g/mol. The SMILES string of the molecule is CC(Cl)C(=O)c1cc(C(O)C(=O)O)ccc1CCl. The van der Waals surface area contributed by atoms with E-state index in [4.69, 9.17) is 28.3 Å². The Balaban J connectivity index is 3.25. The van der Waals surface area contributed by atoms with Gasteiger partial charge in [0.15, 0.2) is 11.9 Å². The van der Waals surface area contributed by atoms with Gasteiger partial charge in [0.1, 0.15) is 0 Å². The highest BCUT2D eigenvalue weighted by molar-refractivity contribution is 6.34. The first kappa shape index (κ1) is 15.0. The normalized spacial score (nSPS) is 14.0. The summed E-state index contributed by atoms with van der Waals surface area (Å²) in [4.78, 5) is 22.5. The van der Waals surface area contributed by atoms with Gasteiger partial charge in [-0.15, -0.1) is 23.2 Å². The third-order valence-electron chi connectivity index (χ3n) is 2.45. The number of Topliss-reactive ketones (excluding diaryl/α,β-unsaturated/α-hetero) is 1. The number of aliphatic hydroxyl groups is 1. The van der Waals surface area contributed by atoms with E-state index in [2.05, 4.69) is 0 Å². The second-order valence-corrected chi connectivity index (χ2v) is 4.69. The number of benzene rings is 1. The molecule has 0 amide bonds. The molecule has 0 aliphatic carbocycles. The van der Waals surface area contributed by atoms with Crippen LogP contribution < -0.4 is 0 Å².